The fourth-order valence-corrected chi connectivity index (χ4v) is 8.40. The number of nitrogens with zero attached hydrogens (tertiary/aromatic N) is 3. The second-order valence-electron chi connectivity index (χ2n) is 17.9. The van der Waals surface area contributed by atoms with Crippen molar-refractivity contribution in [2.45, 2.75) is 71.6 Å². The molecule has 1 aromatic heterocycles. The molecular weight excluding hydrogens is 1000 g/mol. The highest BCUT2D eigenvalue weighted by Crippen LogP contribution is 2.41. The molecule has 0 aliphatic carbocycles. The molecule has 0 bridgehead atoms. The molecule has 1 aliphatic heterocycles. The largest absolute Gasteiger partial charge is 0.490 e. The Morgan fingerprint density at radius 3 is 1.91 bits per heavy atom. The lowest BCUT2D eigenvalue weighted by atomic mass is 9.83. The number of benzene rings is 2. The first-order chi connectivity index (χ1) is 35.0. The molecule has 0 spiro atoms. The van der Waals surface area contributed by atoms with Gasteiger partial charge in [0.1, 0.15) is 17.4 Å². The van der Waals surface area contributed by atoms with Gasteiger partial charge in [-0.25, -0.2) is 13.6 Å². The lowest BCUT2D eigenvalue weighted by Gasteiger charge is -2.41. The molecule has 0 fully saturated rings. The van der Waals surface area contributed by atoms with Crippen LogP contribution in [0.5, 0.6) is 0 Å². The Labute approximate surface area is 430 Å². The molecule has 74 heavy (non-hydrogen) atoms. The molecule has 2 heterocycles. The number of nitrogens with two attached hydrogens (primary N) is 1. The number of carboxylic acid groups (broad SMARTS) is 2. The number of aromatic nitrogens is 1. The van der Waals surface area contributed by atoms with E-state index in [9.17, 15) is 51.4 Å². The molecule has 1 aliphatic rings. The van der Waals surface area contributed by atoms with E-state index in [0.29, 0.717) is 71.1 Å². The van der Waals surface area contributed by atoms with Gasteiger partial charge in [-0.05, 0) is 54.6 Å². The van der Waals surface area contributed by atoms with Gasteiger partial charge in [-0.1, -0.05) is 51.1 Å². The van der Waals surface area contributed by atoms with E-state index < -0.39 is 58.9 Å². The van der Waals surface area contributed by atoms with Crippen molar-refractivity contribution in [3.05, 3.63) is 95.8 Å². The van der Waals surface area contributed by atoms with E-state index in [1.807, 2.05) is 55.7 Å². The van der Waals surface area contributed by atoms with Crippen molar-refractivity contribution in [2.75, 3.05) is 84.0 Å². The van der Waals surface area contributed by atoms with E-state index in [-0.39, 0.29) is 80.2 Å². The van der Waals surface area contributed by atoms with Crippen LogP contribution in [0.4, 0.5) is 22.0 Å². The van der Waals surface area contributed by atoms with Crippen LogP contribution in [0, 0.1) is 23.0 Å². The van der Waals surface area contributed by atoms with Crippen LogP contribution in [0.1, 0.15) is 70.2 Å². The highest BCUT2D eigenvalue weighted by molar-refractivity contribution is 7.99. The van der Waals surface area contributed by atoms with Gasteiger partial charge in [-0.3, -0.25) is 33.7 Å². The maximum atomic E-state index is 15.1. The van der Waals surface area contributed by atoms with Crippen molar-refractivity contribution in [2.24, 2.45) is 17.1 Å². The van der Waals surface area contributed by atoms with E-state index >= 15 is 4.39 Å². The molecule has 0 radical (unpaired) electrons. The van der Waals surface area contributed by atoms with Gasteiger partial charge in [-0.2, -0.15) is 24.9 Å². The summed E-state index contributed by atoms with van der Waals surface area (Å²) in [6.07, 6.45) is -0.0962. The fraction of sp³-hybridized carbons (Fsp3) is 0.510. The number of hydrogen-bond acceptors (Lipinski definition) is 13. The maximum Gasteiger partial charge on any atom is 0.490 e. The first-order valence-corrected chi connectivity index (χ1v) is 24.9. The molecule has 17 nitrogen and oxygen atoms in total. The number of rotatable bonds is 33. The fourth-order valence-electron chi connectivity index (χ4n) is 7.40. The third-order valence-electron chi connectivity index (χ3n) is 10.9. The normalized spacial score (nSPS) is 13.4. The first kappa shape index (κ1) is 62.4. The molecule has 0 saturated carbocycles. The standard InChI is InChI=1S/C49H64F2N4O11S.C2HF3O2/c1-49(2,3)47(43-28-36(41-29-38(50)12-13-42(41)51)31-53(43)30-35-9-5-4-6-10-35)54(18-8-17-52)46(60)34-67-33-37(48(61)62)27-39(56)16-20-64-22-24-66-26-25-65-23-21-63-19-7-11-40(57)32-55-44(58)14-15-45(55)59;3-2(4,5)1(6)7/h4-6,9-10,12-15,28-29,31,37,47H,7-8,11,16-27,30,32-34,52H2,1-3H3,(H,61,62);(H,6,7)/t37-,47-;/m0./s1. The quantitative estimate of drug-likeness (QED) is 0.0335. The molecule has 4 rings (SSSR count). The van der Waals surface area contributed by atoms with Crippen LogP contribution in [0.15, 0.2) is 72.9 Å². The van der Waals surface area contributed by atoms with Crippen LogP contribution in [0.25, 0.3) is 11.1 Å². The SMILES string of the molecule is CC(C)(C)[C@H](c1cc(-c2cc(F)ccc2F)cn1Cc1ccccc1)N(CCCN)C(=O)CSC[C@H](CC(=O)CCOCCOCCOCCOCCCC(=O)CN1C(=O)C=CC1=O)C(=O)O.O=C(O)C(F)(F)F. The van der Waals surface area contributed by atoms with Crippen molar-refractivity contribution < 1.29 is 84.7 Å². The number of ketones is 2. The van der Waals surface area contributed by atoms with Gasteiger partial charge in [0.05, 0.1) is 70.5 Å². The number of amides is 3. The van der Waals surface area contributed by atoms with E-state index in [4.69, 9.17) is 34.6 Å². The van der Waals surface area contributed by atoms with Gasteiger partial charge in [0, 0.05) is 79.9 Å². The number of alkyl halides is 3. The lowest BCUT2D eigenvalue weighted by molar-refractivity contribution is -0.192. The molecule has 408 valence electrons. The predicted molar refractivity (Wildman–Crippen MR) is 263 cm³/mol. The van der Waals surface area contributed by atoms with Crippen molar-refractivity contribution in [3.63, 3.8) is 0 Å². The number of aliphatic carboxylic acids is 2. The smallest absolute Gasteiger partial charge is 0.481 e. The van der Waals surface area contributed by atoms with Gasteiger partial charge in [-0.15, -0.1) is 0 Å². The Bertz CT molecular complexity index is 2330. The highest BCUT2D eigenvalue weighted by atomic mass is 32.2. The van der Waals surface area contributed by atoms with Crippen LogP contribution < -0.4 is 5.73 Å². The minimum Gasteiger partial charge on any atom is -0.481 e. The van der Waals surface area contributed by atoms with Crippen LogP contribution in [-0.4, -0.2) is 156 Å². The predicted octanol–water partition coefficient (Wildman–Crippen LogP) is 6.50. The minimum atomic E-state index is -5.08. The summed E-state index contributed by atoms with van der Waals surface area (Å²) in [4.78, 5) is 85.9. The van der Waals surface area contributed by atoms with Gasteiger partial charge in [0.15, 0.2) is 5.78 Å². The number of halogens is 5. The van der Waals surface area contributed by atoms with E-state index in [2.05, 4.69) is 0 Å². The summed E-state index contributed by atoms with van der Waals surface area (Å²) in [6.45, 7) is 8.97. The third-order valence-corrected chi connectivity index (χ3v) is 12.0. The van der Waals surface area contributed by atoms with E-state index in [1.165, 1.54) is 0 Å². The number of imide groups is 1. The van der Waals surface area contributed by atoms with E-state index in [0.717, 1.165) is 58.3 Å². The number of thioether (sulfide) groups is 1. The summed E-state index contributed by atoms with van der Waals surface area (Å²) in [5.74, 6) is -7.83. The highest BCUT2D eigenvalue weighted by Gasteiger charge is 2.39. The number of carbonyl (C=O) groups excluding carboxylic acids is 5. The maximum absolute atomic E-state index is 15.1. The number of ether oxygens (including phenoxy) is 4. The van der Waals surface area contributed by atoms with Gasteiger partial charge < -0.3 is 44.4 Å². The molecule has 0 unspecified atom stereocenters. The Morgan fingerprint density at radius 1 is 0.770 bits per heavy atom. The zero-order valence-electron chi connectivity index (χ0n) is 41.6. The second kappa shape index (κ2) is 31.8. The van der Waals surface area contributed by atoms with Crippen molar-refractivity contribution in [3.8, 4) is 11.1 Å². The summed E-state index contributed by atoms with van der Waals surface area (Å²) in [5.41, 5.74) is 7.64. The Kier molecular flexibility index (Phi) is 26.8. The molecule has 3 aromatic rings. The molecule has 2 atom stereocenters. The summed E-state index contributed by atoms with van der Waals surface area (Å²) in [7, 11) is 0. The van der Waals surface area contributed by atoms with Crippen LogP contribution >= 0.6 is 11.8 Å². The molecular formula is C51H65F5N4O13S. The summed E-state index contributed by atoms with van der Waals surface area (Å²) in [5, 5.41) is 17.1. The van der Waals surface area contributed by atoms with Crippen molar-refractivity contribution in [1.82, 2.24) is 14.4 Å². The molecule has 4 N–H and O–H groups in total. The summed E-state index contributed by atoms with van der Waals surface area (Å²) >= 11 is 1.14. The zero-order valence-corrected chi connectivity index (χ0v) is 42.4. The van der Waals surface area contributed by atoms with E-state index in [1.54, 1.807) is 17.2 Å². The molecule has 23 heteroatoms. The van der Waals surface area contributed by atoms with Crippen LogP contribution in [-0.2, 0) is 59.1 Å². The van der Waals surface area contributed by atoms with Crippen molar-refractivity contribution in [1.29, 1.82) is 0 Å². The Hall–Kier alpha value is -5.85. The average Bonchev–Trinajstić information content (AvgIpc) is 3.88. The lowest BCUT2D eigenvalue weighted by Crippen LogP contribution is -2.44. The number of Topliss-reactive ketones (excluding diaryl/α,β-unsaturated/α-hetero) is 2. The Morgan fingerprint density at radius 2 is 1.35 bits per heavy atom. The number of carbonyl (C=O) groups is 7. The minimum absolute atomic E-state index is 0.0180. The van der Waals surface area contributed by atoms with Crippen molar-refractivity contribution >= 4 is 53.0 Å². The van der Waals surface area contributed by atoms with Gasteiger partial charge in [0.2, 0.25) is 5.91 Å². The summed E-state index contributed by atoms with van der Waals surface area (Å²) in [6, 6.07) is 14.2. The second-order valence-corrected chi connectivity index (χ2v) is 19.0. The van der Waals surface area contributed by atoms with Gasteiger partial charge in [0.25, 0.3) is 11.8 Å². The molecule has 2 aromatic carbocycles. The Balaban J connectivity index is 0.00000192. The third kappa shape index (κ3) is 22.3. The average molecular weight is 1070 g/mol. The van der Waals surface area contributed by atoms with Crippen LogP contribution in [0.3, 0.4) is 0 Å². The summed E-state index contributed by atoms with van der Waals surface area (Å²) < 4.78 is 85.1. The molecule has 0 saturated heterocycles. The number of carboxylic acids is 2. The number of hydrogen-bond donors (Lipinski definition) is 3. The van der Waals surface area contributed by atoms with Gasteiger partial charge >= 0.3 is 18.1 Å². The zero-order chi connectivity index (χ0) is 54.8. The monoisotopic (exact) mass is 1070 g/mol. The topological polar surface area (TPSA) is 234 Å². The first-order valence-electron chi connectivity index (χ1n) is 23.7. The van der Waals surface area contributed by atoms with Crippen LogP contribution in [0.2, 0.25) is 0 Å². The molecule has 3 amide bonds.